The van der Waals surface area contributed by atoms with Gasteiger partial charge in [-0.05, 0) is 12.1 Å². The monoisotopic (exact) mass is 345 g/mol. The van der Waals surface area contributed by atoms with E-state index in [4.69, 9.17) is 4.42 Å². The predicted octanol–water partition coefficient (Wildman–Crippen LogP) is 1.49. The molecule has 0 amide bonds. The molecule has 3 heterocycles. The lowest BCUT2D eigenvalue weighted by Gasteiger charge is -2.37. The summed E-state index contributed by atoms with van der Waals surface area (Å²) in [6.45, 7) is 2.51. The van der Waals surface area contributed by atoms with Gasteiger partial charge in [0.05, 0.1) is 23.3 Å². The Morgan fingerprint density at radius 1 is 1.12 bits per heavy atom. The highest BCUT2D eigenvalue weighted by atomic mass is 32.2. The zero-order chi connectivity index (χ0) is 16.7. The second-order valence-electron chi connectivity index (χ2n) is 5.60. The molecule has 1 saturated heterocycles. The molecule has 1 aliphatic heterocycles. The Labute approximate surface area is 138 Å². The molecular formula is C15H15N5O3S. The first-order chi connectivity index (χ1) is 11.5. The summed E-state index contributed by atoms with van der Waals surface area (Å²) in [7, 11) is -3.50. The van der Waals surface area contributed by atoms with Gasteiger partial charge in [0.1, 0.15) is 12.0 Å². The van der Waals surface area contributed by atoms with Crippen LogP contribution in [0.2, 0.25) is 0 Å². The summed E-state index contributed by atoms with van der Waals surface area (Å²) in [5, 5.41) is 8.09. The maximum atomic E-state index is 12.6. The van der Waals surface area contributed by atoms with E-state index in [2.05, 4.69) is 15.2 Å². The molecule has 3 aromatic rings. The third kappa shape index (κ3) is 2.51. The molecule has 24 heavy (non-hydrogen) atoms. The van der Waals surface area contributed by atoms with Crippen molar-refractivity contribution in [2.45, 2.75) is 17.9 Å². The van der Waals surface area contributed by atoms with Crippen LogP contribution in [0.4, 0.5) is 0 Å². The van der Waals surface area contributed by atoms with Crippen molar-refractivity contribution in [3.63, 3.8) is 0 Å². The molecule has 9 heteroatoms. The minimum atomic E-state index is -3.50. The Hall–Kier alpha value is -2.52. The Morgan fingerprint density at radius 3 is 2.38 bits per heavy atom. The second kappa shape index (κ2) is 5.53. The maximum Gasteiger partial charge on any atom is 0.243 e. The van der Waals surface area contributed by atoms with Gasteiger partial charge in [-0.1, -0.05) is 12.1 Å². The van der Waals surface area contributed by atoms with E-state index >= 15 is 0 Å². The van der Waals surface area contributed by atoms with Gasteiger partial charge in [0.15, 0.2) is 5.89 Å². The zero-order valence-electron chi connectivity index (χ0n) is 12.9. The summed E-state index contributed by atoms with van der Waals surface area (Å²) in [5.74, 6) is 0.570. The summed E-state index contributed by atoms with van der Waals surface area (Å²) in [6, 6.07) is 6.64. The number of aryl methyl sites for hydroxylation is 1. The van der Waals surface area contributed by atoms with Crippen LogP contribution in [-0.2, 0) is 10.0 Å². The molecule has 1 aromatic carbocycles. The number of sulfonamides is 1. The molecule has 0 radical (unpaired) electrons. The van der Waals surface area contributed by atoms with Crippen LogP contribution in [0.5, 0.6) is 0 Å². The standard InChI is InChI=1S/C15H15N5O3S/c1-11-18-15(10-23-11)12-2-4-14(5-3-12)24(21,22)19-8-13(9-19)20-16-6-7-17-20/h2-7,10,13H,8-9H2,1H3. The van der Waals surface area contributed by atoms with Crippen LogP contribution in [0, 0.1) is 6.92 Å². The first kappa shape index (κ1) is 15.0. The smallest absolute Gasteiger partial charge is 0.243 e. The van der Waals surface area contributed by atoms with Gasteiger partial charge in [0.2, 0.25) is 10.0 Å². The lowest BCUT2D eigenvalue weighted by atomic mass is 10.2. The highest BCUT2D eigenvalue weighted by Gasteiger charge is 2.38. The average Bonchev–Trinajstić information content (AvgIpc) is 3.17. The van der Waals surface area contributed by atoms with Crippen LogP contribution in [0.25, 0.3) is 11.3 Å². The molecule has 1 aliphatic rings. The van der Waals surface area contributed by atoms with Crippen molar-refractivity contribution in [1.29, 1.82) is 0 Å². The molecule has 0 spiro atoms. The summed E-state index contributed by atoms with van der Waals surface area (Å²) in [6.07, 6.45) is 4.72. The van der Waals surface area contributed by atoms with Crippen molar-refractivity contribution < 1.29 is 12.8 Å². The minimum absolute atomic E-state index is 0.00727. The zero-order valence-corrected chi connectivity index (χ0v) is 13.7. The highest BCUT2D eigenvalue weighted by molar-refractivity contribution is 7.89. The normalized spacial score (nSPS) is 16.2. The topological polar surface area (TPSA) is 94.1 Å². The molecule has 0 atom stereocenters. The van der Waals surface area contributed by atoms with Crippen molar-refractivity contribution in [2.75, 3.05) is 13.1 Å². The second-order valence-corrected chi connectivity index (χ2v) is 7.54. The number of hydrogen-bond acceptors (Lipinski definition) is 6. The summed E-state index contributed by atoms with van der Waals surface area (Å²) in [4.78, 5) is 6.04. The Balaban J connectivity index is 1.51. The first-order valence-corrected chi connectivity index (χ1v) is 8.86. The van der Waals surface area contributed by atoms with E-state index in [0.29, 0.717) is 24.7 Å². The molecule has 0 N–H and O–H groups in total. The van der Waals surface area contributed by atoms with Gasteiger partial charge in [-0.3, -0.25) is 0 Å². The van der Waals surface area contributed by atoms with Crippen molar-refractivity contribution in [3.05, 3.63) is 48.8 Å². The van der Waals surface area contributed by atoms with Crippen LogP contribution in [0.1, 0.15) is 11.9 Å². The molecular weight excluding hydrogens is 330 g/mol. The summed E-state index contributed by atoms with van der Waals surface area (Å²) in [5.41, 5.74) is 1.50. The molecule has 8 nitrogen and oxygen atoms in total. The van der Waals surface area contributed by atoms with Crippen LogP contribution < -0.4 is 0 Å². The predicted molar refractivity (Wildman–Crippen MR) is 84.5 cm³/mol. The SMILES string of the molecule is Cc1nc(-c2ccc(S(=O)(=O)N3CC(n4nccn4)C3)cc2)co1. The van der Waals surface area contributed by atoms with E-state index in [1.807, 2.05) is 0 Å². The van der Waals surface area contributed by atoms with Gasteiger partial charge in [-0.25, -0.2) is 13.4 Å². The Bertz CT molecular complexity index is 941. The van der Waals surface area contributed by atoms with Gasteiger partial charge in [0.25, 0.3) is 0 Å². The number of nitrogens with zero attached hydrogens (tertiary/aromatic N) is 5. The number of aromatic nitrogens is 4. The molecule has 2 aromatic heterocycles. The van der Waals surface area contributed by atoms with Gasteiger partial charge in [-0.2, -0.15) is 19.3 Å². The third-order valence-electron chi connectivity index (χ3n) is 4.00. The van der Waals surface area contributed by atoms with Crippen molar-refractivity contribution in [3.8, 4) is 11.3 Å². The number of rotatable bonds is 4. The van der Waals surface area contributed by atoms with E-state index < -0.39 is 10.0 Å². The number of oxazole rings is 1. The van der Waals surface area contributed by atoms with Crippen LogP contribution in [-0.4, -0.2) is 45.8 Å². The number of hydrogen-bond donors (Lipinski definition) is 0. The highest BCUT2D eigenvalue weighted by Crippen LogP contribution is 2.28. The van der Waals surface area contributed by atoms with Crippen LogP contribution in [0.3, 0.4) is 0 Å². The summed E-state index contributed by atoms with van der Waals surface area (Å²) < 4.78 is 31.8. The lowest BCUT2D eigenvalue weighted by Crippen LogP contribution is -2.51. The van der Waals surface area contributed by atoms with Gasteiger partial charge in [0, 0.05) is 25.6 Å². The third-order valence-corrected chi connectivity index (χ3v) is 5.84. The lowest BCUT2D eigenvalue weighted by molar-refractivity contribution is 0.175. The molecule has 1 fully saturated rings. The van der Waals surface area contributed by atoms with Crippen molar-refractivity contribution >= 4 is 10.0 Å². The Morgan fingerprint density at radius 2 is 1.79 bits per heavy atom. The van der Waals surface area contributed by atoms with Gasteiger partial charge >= 0.3 is 0 Å². The van der Waals surface area contributed by atoms with Crippen LogP contribution >= 0.6 is 0 Å². The van der Waals surface area contributed by atoms with Gasteiger partial charge < -0.3 is 4.42 Å². The largest absolute Gasteiger partial charge is 0.449 e. The van der Waals surface area contributed by atoms with Crippen molar-refractivity contribution in [2.24, 2.45) is 0 Å². The minimum Gasteiger partial charge on any atom is -0.449 e. The molecule has 0 bridgehead atoms. The fourth-order valence-corrected chi connectivity index (χ4v) is 4.13. The molecule has 124 valence electrons. The number of benzene rings is 1. The van der Waals surface area contributed by atoms with E-state index in [0.717, 1.165) is 5.56 Å². The van der Waals surface area contributed by atoms with Crippen LogP contribution in [0.15, 0.2) is 52.2 Å². The van der Waals surface area contributed by atoms with Crippen molar-refractivity contribution in [1.82, 2.24) is 24.3 Å². The molecule has 0 aliphatic carbocycles. The summed E-state index contributed by atoms with van der Waals surface area (Å²) >= 11 is 0. The van der Waals surface area contributed by atoms with E-state index in [1.165, 1.54) is 4.31 Å². The fourth-order valence-electron chi connectivity index (χ4n) is 2.62. The maximum absolute atomic E-state index is 12.6. The van der Waals surface area contributed by atoms with Gasteiger partial charge in [-0.15, -0.1) is 0 Å². The Kier molecular flexibility index (Phi) is 3.47. The van der Waals surface area contributed by atoms with E-state index in [1.54, 1.807) is 54.6 Å². The fraction of sp³-hybridized carbons (Fsp3) is 0.267. The van der Waals surface area contributed by atoms with E-state index in [-0.39, 0.29) is 10.9 Å². The quantitative estimate of drug-likeness (QED) is 0.711. The molecule has 0 saturated carbocycles. The first-order valence-electron chi connectivity index (χ1n) is 7.42. The van der Waals surface area contributed by atoms with E-state index in [9.17, 15) is 8.42 Å². The molecule has 0 unspecified atom stereocenters. The average molecular weight is 345 g/mol. The molecule has 4 rings (SSSR count).